The largest absolute Gasteiger partial charge is 0.378 e. The van der Waals surface area contributed by atoms with E-state index < -0.39 is 0 Å². The molecule has 2 aliphatic rings. The van der Waals surface area contributed by atoms with Crippen LogP contribution in [-0.4, -0.2) is 76.0 Å². The molecule has 8 nitrogen and oxygen atoms in total. The summed E-state index contributed by atoms with van der Waals surface area (Å²) in [7, 11) is 0. The molecule has 2 fully saturated rings. The van der Waals surface area contributed by atoms with Gasteiger partial charge in [0.15, 0.2) is 5.69 Å². The van der Waals surface area contributed by atoms with E-state index in [0.717, 1.165) is 0 Å². The van der Waals surface area contributed by atoms with Gasteiger partial charge < -0.3 is 14.5 Å². The van der Waals surface area contributed by atoms with Crippen LogP contribution in [0.15, 0.2) is 6.20 Å². The summed E-state index contributed by atoms with van der Waals surface area (Å²) in [6.45, 7) is 5.45. The number of ether oxygens (including phenoxy) is 1. The van der Waals surface area contributed by atoms with Crippen LogP contribution in [0.1, 0.15) is 29.9 Å². The monoisotopic (exact) mass is 293 g/mol. The summed E-state index contributed by atoms with van der Waals surface area (Å²) >= 11 is 0. The Morgan fingerprint density at radius 2 is 2.00 bits per heavy atom. The average Bonchev–Trinajstić information content (AvgIpc) is 2.95. The van der Waals surface area contributed by atoms with E-state index in [9.17, 15) is 9.59 Å². The number of morpholine rings is 1. The first-order valence-electron chi connectivity index (χ1n) is 7.25. The third-order valence-corrected chi connectivity index (χ3v) is 3.92. The van der Waals surface area contributed by atoms with E-state index in [-0.39, 0.29) is 17.9 Å². The zero-order chi connectivity index (χ0) is 14.8. The number of amides is 2. The van der Waals surface area contributed by atoms with E-state index >= 15 is 0 Å². The van der Waals surface area contributed by atoms with Crippen molar-refractivity contribution in [1.29, 1.82) is 0 Å². The van der Waals surface area contributed by atoms with Crippen LogP contribution >= 0.6 is 0 Å². The molecule has 0 N–H and O–H groups in total. The van der Waals surface area contributed by atoms with Crippen molar-refractivity contribution in [3.8, 4) is 0 Å². The quantitative estimate of drug-likeness (QED) is 0.753. The van der Waals surface area contributed by atoms with Crippen LogP contribution < -0.4 is 0 Å². The maximum absolute atomic E-state index is 12.3. The van der Waals surface area contributed by atoms with Crippen LogP contribution in [0, 0.1) is 0 Å². The van der Waals surface area contributed by atoms with Crippen molar-refractivity contribution in [1.82, 2.24) is 24.8 Å². The molecular weight excluding hydrogens is 274 g/mol. The summed E-state index contributed by atoms with van der Waals surface area (Å²) in [6, 6.07) is 0.124. The number of carbonyl (C=O) groups excluding carboxylic acids is 2. The molecule has 0 bridgehead atoms. The highest BCUT2D eigenvalue weighted by Crippen LogP contribution is 2.21. The van der Waals surface area contributed by atoms with E-state index in [4.69, 9.17) is 4.74 Å². The van der Waals surface area contributed by atoms with Gasteiger partial charge in [0.05, 0.1) is 25.5 Å². The fourth-order valence-corrected chi connectivity index (χ4v) is 2.53. The van der Waals surface area contributed by atoms with Crippen molar-refractivity contribution in [3.63, 3.8) is 0 Å². The number of rotatable bonds is 3. The molecule has 2 amide bonds. The lowest BCUT2D eigenvalue weighted by Crippen LogP contribution is -2.50. The Labute approximate surface area is 122 Å². The van der Waals surface area contributed by atoms with Crippen LogP contribution in [0.5, 0.6) is 0 Å². The molecule has 0 aromatic carbocycles. The fourth-order valence-electron chi connectivity index (χ4n) is 2.53. The number of hydrogen-bond acceptors (Lipinski definition) is 5. The lowest BCUT2D eigenvalue weighted by atomic mass is 10.1. The van der Waals surface area contributed by atoms with E-state index in [0.29, 0.717) is 51.5 Å². The number of likely N-dealkylation sites (tertiary alicyclic amines) is 1. The molecule has 0 radical (unpaired) electrons. The molecule has 2 saturated heterocycles. The van der Waals surface area contributed by atoms with Crippen molar-refractivity contribution in [2.75, 3.05) is 39.4 Å². The van der Waals surface area contributed by atoms with Gasteiger partial charge in [-0.15, -0.1) is 5.10 Å². The maximum atomic E-state index is 12.3. The Morgan fingerprint density at radius 1 is 1.29 bits per heavy atom. The molecule has 0 atom stereocenters. The van der Waals surface area contributed by atoms with Crippen molar-refractivity contribution in [3.05, 3.63) is 11.9 Å². The molecule has 1 aromatic rings. The van der Waals surface area contributed by atoms with Gasteiger partial charge in [-0.25, -0.2) is 4.68 Å². The Bertz CT molecular complexity index is 532. The Balaban J connectivity index is 1.59. The van der Waals surface area contributed by atoms with E-state index in [1.165, 1.54) is 0 Å². The molecule has 0 saturated carbocycles. The fraction of sp³-hybridized carbons (Fsp3) is 0.692. The molecule has 3 rings (SSSR count). The summed E-state index contributed by atoms with van der Waals surface area (Å²) in [4.78, 5) is 27.3. The summed E-state index contributed by atoms with van der Waals surface area (Å²) in [5.41, 5.74) is 0.358. The van der Waals surface area contributed by atoms with Crippen molar-refractivity contribution >= 4 is 11.8 Å². The van der Waals surface area contributed by atoms with Crippen molar-refractivity contribution < 1.29 is 14.3 Å². The number of nitrogens with zero attached hydrogens (tertiary/aromatic N) is 5. The normalized spacial score (nSPS) is 19.5. The number of hydrogen-bond donors (Lipinski definition) is 0. The summed E-state index contributed by atoms with van der Waals surface area (Å²) in [5.74, 6) is 0.0429. The van der Waals surface area contributed by atoms with Crippen LogP contribution in [0.2, 0.25) is 0 Å². The Kier molecular flexibility index (Phi) is 3.87. The van der Waals surface area contributed by atoms with Gasteiger partial charge in [0.25, 0.3) is 5.91 Å². The van der Waals surface area contributed by atoms with Gasteiger partial charge >= 0.3 is 0 Å². The lowest BCUT2D eigenvalue weighted by Gasteiger charge is -2.38. The van der Waals surface area contributed by atoms with E-state index in [1.54, 1.807) is 20.7 Å². The molecular formula is C13H19N5O3. The summed E-state index contributed by atoms with van der Waals surface area (Å²) in [6.07, 6.45) is 2.20. The topological polar surface area (TPSA) is 80.6 Å². The summed E-state index contributed by atoms with van der Waals surface area (Å²) in [5, 5.41) is 7.99. The first-order valence-corrected chi connectivity index (χ1v) is 7.25. The Hall–Kier alpha value is -1.96. The molecule has 2 aliphatic heterocycles. The van der Waals surface area contributed by atoms with Gasteiger partial charge in [0.2, 0.25) is 5.91 Å². The molecule has 3 heterocycles. The van der Waals surface area contributed by atoms with Crippen LogP contribution in [0.3, 0.4) is 0 Å². The standard InChI is InChI=1S/C13H19N5O3/c1-2-12(19)17-7-10(8-17)18-9-11(14-15-18)13(20)16-3-5-21-6-4-16/h9-10H,2-8H2,1H3. The second kappa shape index (κ2) is 5.80. The van der Waals surface area contributed by atoms with Gasteiger partial charge in [-0.1, -0.05) is 12.1 Å². The average molecular weight is 293 g/mol. The van der Waals surface area contributed by atoms with Crippen LogP contribution in [-0.2, 0) is 9.53 Å². The molecule has 0 spiro atoms. The maximum Gasteiger partial charge on any atom is 0.276 e. The predicted molar refractivity (Wildman–Crippen MR) is 72.7 cm³/mol. The highest BCUT2D eigenvalue weighted by molar-refractivity contribution is 5.92. The minimum absolute atomic E-state index is 0.106. The van der Waals surface area contributed by atoms with E-state index in [1.807, 2.05) is 6.92 Å². The minimum Gasteiger partial charge on any atom is -0.378 e. The smallest absolute Gasteiger partial charge is 0.276 e. The number of aromatic nitrogens is 3. The molecule has 8 heteroatoms. The van der Waals surface area contributed by atoms with E-state index in [2.05, 4.69) is 10.3 Å². The predicted octanol–water partition coefficient (Wildman–Crippen LogP) is -0.456. The number of carbonyl (C=O) groups is 2. The van der Waals surface area contributed by atoms with Gasteiger partial charge in [-0.2, -0.15) is 0 Å². The third kappa shape index (κ3) is 2.76. The summed E-state index contributed by atoms with van der Waals surface area (Å²) < 4.78 is 6.92. The van der Waals surface area contributed by atoms with Gasteiger partial charge in [0, 0.05) is 32.6 Å². The van der Waals surface area contributed by atoms with Crippen molar-refractivity contribution in [2.45, 2.75) is 19.4 Å². The second-order valence-corrected chi connectivity index (χ2v) is 5.29. The molecule has 1 aromatic heterocycles. The lowest BCUT2D eigenvalue weighted by molar-refractivity contribution is -0.136. The first kappa shape index (κ1) is 14.0. The first-order chi connectivity index (χ1) is 10.2. The Morgan fingerprint density at radius 3 is 2.67 bits per heavy atom. The highest BCUT2D eigenvalue weighted by Gasteiger charge is 2.32. The third-order valence-electron chi connectivity index (χ3n) is 3.92. The molecule has 0 aliphatic carbocycles. The zero-order valence-corrected chi connectivity index (χ0v) is 12.1. The molecule has 114 valence electrons. The van der Waals surface area contributed by atoms with Crippen molar-refractivity contribution in [2.24, 2.45) is 0 Å². The molecule has 0 unspecified atom stereocenters. The minimum atomic E-state index is -0.106. The van der Waals surface area contributed by atoms with Gasteiger partial charge in [0.1, 0.15) is 0 Å². The zero-order valence-electron chi connectivity index (χ0n) is 12.1. The molecule has 21 heavy (non-hydrogen) atoms. The second-order valence-electron chi connectivity index (χ2n) is 5.29. The van der Waals surface area contributed by atoms with Crippen LogP contribution in [0.25, 0.3) is 0 Å². The highest BCUT2D eigenvalue weighted by atomic mass is 16.5. The van der Waals surface area contributed by atoms with Gasteiger partial charge in [-0.3, -0.25) is 9.59 Å². The SMILES string of the molecule is CCC(=O)N1CC(n2cc(C(=O)N3CCOCC3)nn2)C1. The van der Waals surface area contributed by atoms with Crippen LogP contribution in [0.4, 0.5) is 0 Å². The van der Waals surface area contributed by atoms with Gasteiger partial charge in [-0.05, 0) is 0 Å².